The molecule has 1 aliphatic heterocycles. The third-order valence-corrected chi connectivity index (χ3v) is 7.68. The first-order valence-electron chi connectivity index (χ1n) is 10.4. The average molecular weight is 450 g/mol. The number of β-amino-alcohol motifs (C(OH)–C–C–N with tert-alkyl or cyclic N) is 1. The van der Waals surface area contributed by atoms with Crippen LogP contribution in [0.3, 0.4) is 0 Å². The number of carbonyl (C=O) groups excluding carboxylic acids is 1. The molecule has 1 aromatic heterocycles. The summed E-state index contributed by atoms with van der Waals surface area (Å²) in [6.07, 6.45) is 5.34. The zero-order valence-corrected chi connectivity index (χ0v) is 17.6. The number of nitrogens with one attached hydrogen (secondary N) is 2. The number of aromatic nitrogens is 1. The summed E-state index contributed by atoms with van der Waals surface area (Å²) in [7, 11) is -4.08. The summed E-state index contributed by atoms with van der Waals surface area (Å²) in [6.45, 7) is 0.0746. The van der Waals surface area contributed by atoms with E-state index in [1.807, 2.05) is 4.72 Å². The van der Waals surface area contributed by atoms with E-state index in [4.69, 9.17) is 4.42 Å². The highest BCUT2D eigenvalue weighted by Gasteiger charge is 2.33. The van der Waals surface area contributed by atoms with Crippen molar-refractivity contribution >= 4 is 27.8 Å². The van der Waals surface area contributed by atoms with E-state index in [9.17, 15) is 22.7 Å². The highest BCUT2D eigenvalue weighted by molar-refractivity contribution is 7.87. The molecule has 1 amide bonds. The molecule has 3 N–H and O–H groups in total. The zero-order valence-electron chi connectivity index (χ0n) is 16.8. The van der Waals surface area contributed by atoms with E-state index in [0.29, 0.717) is 19.3 Å². The van der Waals surface area contributed by atoms with Gasteiger partial charge in [0.2, 0.25) is 0 Å². The molecule has 31 heavy (non-hydrogen) atoms. The molecule has 2 aromatic rings. The Morgan fingerprint density at radius 1 is 1.16 bits per heavy atom. The second kappa shape index (κ2) is 7.57. The molecule has 1 fully saturated rings. The van der Waals surface area contributed by atoms with Crippen LogP contribution in [0.5, 0.6) is 0 Å². The first kappa shape index (κ1) is 20.4. The number of aliphatic hydroxyl groups excluding tert-OH is 1. The van der Waals surface area contributed by atoms with Crippen LogP contribution >= 0.6 is 0 Å². The van der Waals surface area contributed by atoms with Crippen molar-refractivity contribution in [2.24, 2.45) is 0 Å². The van der Waals surface area contributed by atoms with Gasteiger partial charge in [-0.1, -0.05) is 0 Å². The lowest BCUT2D eigenvalue weighted by Crippen LogP contribution is -2.42. The molecule has 2 heterocycles. The van der Waals surface area contributed by atoms with Gasteiger partial charge in [0.05, 0.1) is 6.10 Å². The molecule has 1 aromatic carbocycles. The smallest absolute Gasteiger partial charge is 0.304 e. The number of benzene rings is 1. The Morgan fingerprint density at radius 3 is 2.42 bits per heavy atom. The molecule has 166 valence electrons. The third-order valence-electron chi connectivity index (χ3n) is 6.23. The number of aliphatic hydroxyl groups is 1. The van der Waals surface area contributed by atoms with Crippen LogP contribution in [0.2, 0.25) is 0 Å². The van der Waals surface area contributed by atoms with Crippen LogP contribution in [0.15, 0.2) is 10.7 Å². The molecule has 1 atom stereocenters. The van der Waals surface area contributed by atoms with Gasteiger partial charge in [-0.3, -0.25) is 4.79 Å². The van der Waals surface area contributed by atoms with Crippen molar-refractivity contribution in [2.45, 2.75) is 51.0 Å². The molecule has 1 unspecified atom stereocenters. The Balaban J connectivity index is 1.36. The number of fused-ring (bicyclic) bond motifs is 2. The molecule has 1 saturated heterocycles. The van der Waals surface area contributed by atoms with Crippen molar-refractivity contribution in [2.75, 3.05) is 18.4 Å². The van der Waals surface area contributed by atoms with E-state index in [1.165, 1.54) is 0 Å². The van der Waals surface area contributed by atoms with Gasteiger partial charge in [-0.05, 0) is 67.2 Å². The molecule has 9 nitrogen and oxygen atoms in total. The molecule has 5 rings (SSSR count). The predicted molar refractivity (Wildman–Crippen MR) is 109 cm³/mol. The monoisotopic (exact) mass is 450 g/mol. The Bertz CT molecular complexity index is 1130. The summed E-state index contributed by atoms with van der Waals surface area (Å²) < 4.78 is 47.8. The van der Waals surface area contributed by atoms with E-state index in [0.717, 1.165) is 64.2 Å². The number of amides is 1. The third kappa shape index (κ3) is 3.60. The first-order chi connectivity index (χ1) is 14.8. The Labute approximate surface area is 178 Å². The maximum absolute atomic E-state index is 14.8. The van der Waals surface area contributed by atoms with Gasteiger partial charge < -0.3 is 14.8 Å². The van der Waals surface area contributed by atoms with E-state index >= 15 is 0 Å². The number of anilines is 2. The fourth-order valence-corrected chi connectivity index (χ4v) is 5.93. The lowest BCUT2D eigenvalue weighted by molar-refractivity contribution is 0.0974. The van der Waals surface area contributed by atoms with Crippen molar-refractivity contribution in [3.05, 3.63) is 40.0 Å². The zero-order chi connectivity index (χ0) is 21.8. The molecule has 3 aliphatic rings. The van der Waals surface area contributed by atoms with Crippen molar-refractivity contribution in [3.63, 3.8) is 0 Å². The van der Waals surface area contributed by atoms with Crippen molar-refractivity contribution < 1.29 is 27.1 Å². The number of halogens is 1. The molecule has 0 spiro atoms. The lowest BCUT2D eigenvalue weighted by Gasteiger charge is -2.16. The Morgan fingerprint density at radius 2 is 1.81 bits per heavy atom. The van der Waals surface area contributed by atoms with Crippen LogP contribution in [0, 0.1) is 5.82 Å². The highest BCUT2D eigenvalue weighted by Crippen LogP contribution is 2.41. The Kier molecular flexibility index (Phi) is 4.98. The number of hydrogen-bond donors (Lipinski definition) is 3. The SMILES string of the molecule is O=C(NS(=O)(=O)N1CCC(O)C1)c1coc(Nc2c3c(c(F)c4c2CCC4)CCC3)n1. The standard InChI is InChI=1S/C20H23FN4O5S/c21-17-12-3-1-5-14(12)18(15-6-2-4-13(15)17)23-20-22-16(10-30-20)19(27)24-31(28,29)25-8-7-11(26)9-25/h10-11,26H,1-9H2,(H,22,23)(H,24,27). The number of oxazole rings is 1. The normalized spacial score (nSPS) is 20.6. The summed E-state index contributed by atoms with van der Waals surface area (Å²) in [5.74, 6) is -1.01. The van der Waals surface area contributed by atoms with E-state index in [-0.39, 0.29) is 30.6 Å². The lowest BCUT2D eigenvalue weighted by atomic mass is 9.98. The summed E-state index contributed by atoms with van der Waals surface area (Å²) in [4.78, 5) is 16.5. The maximum Gasteiger partial charge on any atom is 0.304 e. The van der Waals surface area contributed by atoms with Crippen LogP contribution in [0.1, 0.15) is 52.0 Å². The van der Waals surface area contributed by atoms with Crippen molar-refractivity contribution in [3.8, 4) is 0 Å². The van der Waals surface area contributed by atoms with Crippen LogP contribution in [0.4, 0.5) is 16.1 Å². The van der Waals surface area contributed by atoms with Gasteiger partial charge >= 0.3 is 10.2 Å². The molecule has 2 aliphatic carbocycles. The quantitative estimate of drug-likeness (QED) is 0.632. The van der Waals surface area contributed by atoms with Gasteiger partial charge in [0.1, 0.15) is 12.1 Å². The minimum atomic E-state index is -4.08. The summed E-state index contributed by atoms with van der Waals surface area (Å²) in [6, 6.07) is 0.0500. The molecule has 11 heteroatoms. The van der Waals surface area contributed by atoms with Crippen LogP contribution in [0.25, 0.3) is 0 Å². The average Bonchev–Trinajstić information content (AvgIpc) is 3.51. The van der Waals surface area contributed by atoms with Gasteiger partial charge in [0.15, 0.2) is 5.69 Å². The van der Waals surface area contributed by atoms with Gasteiger partial charge in [-0.25, -0.2) is 9.11 Å². The molecule has 0 bridgehead atoms. The number of hydrogen-bond acceptors (Lipinski definition) is 7. The van der Waals surface area contributed by atoms with Crippen LogP contribution in [-0.4, -0.2) is 47.9 Å². The largest absolute Gasteiger partial charge is 0.431 e. The van der Waals surface area contributed by atoms with E-state index in [1.54, 1.807) is 0 Å². The van der Waals surface area contributed by atoms with Crippen molar-refractivity contribution in [1.82, 2.24) is 14.0 Å². The first-order valence-corrected chi connectivity index (χ1v) is 11.9. The number of rotatable bonds is 5. The number of nitrogens with zero attached hydrogens (tertiary/aromatic N) is 2. The summed E-state index contributed by atoms with van der Waals surface area (Å²) in [5, 5.41) is 12.6. The predicted octanol–water partition coefficient (Wildman–Crippen LogP) is 1.58. The fourth-order valence-electron chi connectivity index (χ4n) is 4.74. The minimum absolute atomic E-state index is 0.0500. The second-order valence-corrected chi connectivity index (χ2v) is 9.88. The van der Waals surface area contributed by atoms with E-state index in [2.05, 4.69) is 10.3 Å². The topological polar surface area (TPSA) is 125 Å². The summed E-state index contributed by atoms with van der Waals surface area (Å²) >= 11 is 0. The molecule has 0 saturated carbocycles. The van der Waals surface area contributed by atoms with Gasteiger partial charge in [-0.2, -0.15) is 17.7 Å². The minimum Gasteiger partial charge on any atom is -0.431 e. The highest BCUT2D eigenvalue weighted by atomic mass is 32.2. The fraction of sp³-hybridized carbons (Fsp3) is 0.500. The van der Waals surface area contributed by atoms with Crippen LogP contribution in [-0.2, 0) is 35.9 Å². The summed E-state index contributed by atoms with van der Waals surface area (Å²) in [5.41, 5.74) is 3.95. The second-order valence-electron chi connectivity index (χ2n) is 8.21. The van der Waals surface area contributed by atoms with Gasteiger partial charge in [-0.15, -0.1) is 0 Å². The van der Waals surface area contributed by atoms with Crippen molar-refractivity contribution in [1.29, 1.82) is 0 Å². The van der Waals surface area contributed by atoms with Gasteiger partial charge in [0.25, 0.3) is 11.9 Å². The van der Waals surface area contributed by atoms with Crippen LogP contribution < -0.4 is 10.0 Å². The molecule has 0 radical (unpaired) electrons. The maximum atomic E-state index is 14.8. The molecular weight excluding hydrogens is 427 g/mol. The Hall–Kier alpha value is -2.50. The van der Waals surface area contributed by atoms with Gasteiger partial charge in [0, 0.05) is 18.8 Å². The van der Waals surface area contributed by atoms with E-state index < -0.39 is 22.2 Å². The molecular formula is C20H23FN4O5S. The number of carbonyl (C=O) groups is 1.